The smallest absolute Gasteiger partial charge is 0.270 e. The molecule has 0 bridgehead atoms. The van der Waals surface area contributed by atoms with Gasteiger partial charge in [-0.2, -0.15) is 0 Å². The monoisotopic (exact) mass is 348 g/mol. The molecule has 0 saturated carbocycles. The summed E-state index contributed by atoms with van der Waals surface area (Å²) in [6, 6.07) is 10.7. The number of fused-ring (bicyclic) bond motifs is 1. The van der Waals surface area contributed by atoms with Gasteiger partial charge < -0.3 is 9.47 Å². The summed E-state index contributed by atoms with van der Waals surface area (Å²) in [6.45, 7) is 1.72. The molecule has 0 amide bonds. The molecule has 1 aliphatic heterocycles. The zero-order chi connectivity index (χ0) is 17.1. The molecule has 0 saturated heterocycles. The fraction of sp³-hybridized carbons (Fsp3) is 0.294. The average Bonchev–Trinajstić information content (AvgIpc) is 2.56. The standard InChI is InChI=1S/C17H17ClN2O4/c1-19(8-12-2-4-15(18)5-3-12)9-13-6-16(20(21)22)7-14-10-23-11-24-17(13)14/h2-7H,8-11H2,1H3. The predicted molar refractivity (Wildman–Crippen MR) is 90.0 cm³/mol. The quantitative estimate of drug-likeness (QED) is 0.608. The van der Waals surface area contributed by atoms with Crippen LogP contribution in [-0.4, -0.2) is 23.7 Å². The first-order chi connectivity index (χ1) is 11.5. The minimum atomic E-state index is -0.391. The summed E-state index contributed by atoms with van der Waals surface area (Å²) in [5.41, 5.74) is 2.67. The van der Waals surface area contributed by atoms with Crippen LogP contribution < -0.4 is 4.74 Å². The number of non-ortho nitro benzene ring substituents is 1. The summed E-state index contributed by atoms with van der Waals surface area (Å²) in [5, 5.41) is 11.8. The van der Waals surface area contributed by atoms with Crippen LogP contribution in [0.15, 0.2) is 36.4 Å². The van der Waals surface area contributed by atoms with E-state index >= 15 is 0 Å². The zero-order valence-electron chi connectivity index (χ0n) is 13.2. The largest absolute Gasteiger partial charge is 0.467 e. The van der Waals surface area contributed by atoms with Gasteiger partial charge in [-0.25, -0.2) is 0 Å². The Hall–Kier alpha value is -2.15. The Morgan fingerprint density at radius 3 is 2.71 bits per heavy atom. The summed E-state index contributed by atoms with van der Waals surface area (Å²) >= 11 is 5.90. The molecule has 2 aromatic rings. The predicted octanol–water partition coefficient (Wildman–Crippen LogP) is 3.75. The molecule has 0 radical (unpaired) electrons. The molecule has 0 aromatic heterocycles. The van der Waals surface area contributed by atoms with Crippen molar-refractivity contribution in [3.05, 3.63) is 68.2 Å². The van der Waals surface area contributed by atoms with Crippen molar-refractivity contribution in [1.82, 2.24) is 4.90 Å². The van der Waals surface area contributed by atoms with Crippen LogP contribution in [0, 0.1) is 10.1 Å². The molecule has 24 heavy (non-hydrogen) atoms. The van der Waals surface area contributed by atoms with Crippen LogP contribution in [0.4, 0.5) is 5.69 Å². The third-order valence-corrected chi connectivity index (χ3v) is 4.04. The molecule has 0 aliphatic carbocycles. The Morgan fingerprint density at radius 2 is 2.00 bits per heavy atom. The zero-order valence-corrected chi connectivity index (χ0v) is 14.0. The van der Waals surface area contributed by atoms with E-state index in [0.717, 1.165) is 11.1 Å². The lowest BCUT2D eigenvalue weighted by Crippen LogP contribution is -2.20. The number of ether oxygens (including phenoxy) is 2. The molecule has 0 atom stereocenters. The van der Waals surface area contributed by atoms with Crippen LogP contribution in [0.5, 0.6) is 5.75 Å². The van der Waals surface area contributed by atoms with Crippen LogP contribution in [0.25, 0.3) is 0 Å². The second kappa shape index (κ2) is 7.17. The first-order valence-electron chi connectivity index (χ1n) is 7.46. The maximum absolute atomic E-state index is 11.1. The van der Waals surface area contributed by atoms with E-state index in [9.17, 15) is 10.1 Å². The van der Waals surface area contributed by atoms with Crippen molar-refractivity contribution in [1.29, 1.82) is 0 Å². The SMILES string of the molecule is CN(Cc1ccc(Cl)cc1)Cc1cc([N+](=O)[O-])cc2c1OCOC2. The number of hydrogen-bond acceptors (Lipinski definition) is 5. The third kappa shape index (κ3) is 3.84. The van der Waals surface area contributed by atoms with Gasteiger partial charge in [-0.1, -0.05) is 23.7 Å². The lowest BCUT2D eigenvalue weighted by Gasteiger charge is -2.23. The molecule has 0 fully saturated rings. The fourth-order valence-corrected chi connectivity index (χ4v) is 2.88. The molecule has 1 aliphatic rings. The highest BCUT2D eigenvalue weighted by molar-refractivity contribution is 6.30. The summed E-state index contributed by atoms with van der Waals surface area (Å²) in [7, 11) is 1.96. The topological polar surface area (TPSA) is 64.8 Å². The number of benzene rings is 2. The van der Waals surface area contributed by atoms with Gasteiger partial charge in [-0.3, -0.25) is 15.0 Å². The number of nitro groups is 1. The molecule has 6 nitrogen and oxygen atoms in total. The van der Waals surface area contributed by atoms with Gasteiger partial charge in [0.05, 0.1) is 11.5 Å². The van der Waals surface area contributed by atoms with Crippen LogP contribution in [0.1, 0.15) is 16.7 Å². The molecule has 3 rings (SSSR count). The molecule has 126 valence electrons. The third-order valence-electron chi connectivity index (χ3n) is 3.79. The highest BCUT2D eigenvalue weighted by atomic mass is 35.5. The minimum Gasteiger partial charge on any atom is -0.467 e. The van der Waals surface area contributed by atoms with Gasteiger partial charge in [0.2, 0.25) is 0 Å². The van der Waals surface area contributed by atoms with E-state index in [2.05, 4.69) is 4.90 Å². The van der Waals surface area contributed by atoms with E-state index in [1.807, 2.05) is 31.3 Å². The van der Waals surface area contributed by atoms with Crippen molar-refractivity contribution >= 4 is 17.3 Å². The second-order valence-electron chi connectivity index (χ2n) is 5.76. The molecule has 1 heterocycles. The molecule has 0 unspecified atom stereocenters. The van der Waals surface area contributed by atoms with Gasteiger partial charge in [-0.15, -0.1) is 0 Å². The lowest BCUT2D eigenvalue weighted by atomic mass is 10.1. The Kier molecular flexibility index (Phi) is 4.99. The molecular formula is C17H17ClN2O4. The van der Waals surface area contributed by atoms with E-state index in [0.29, 0.717) is 36.0 Å². The first-order valence-corrected chi connectivity index (χ1v) is 7.84. The molecule has 0 N–H and O–H groups in total. The van der Waals surface area contributed by atoms with E-state index < -0.39 is 4.92 Å². The molecule has 2 aromatic carbocycles. The van der Waals surface area contributed by atoms with Crippen molar-refractivity contribution in [3.63, 3.8) is 0 Å². The van der Waals surface area contributed by atoms with Gasteiger partial charge in [0, 0.05) is 41.4 Å². The fourth-order valence-electron chi connectivity index (χ4n) is 2.75. The first kappa shape index (κ1) is 16.7. The Labute approximate surface area is 144 Å². The number of nitrogens with zero attached hydrogens (tertiary/aromatic N) is 2. The van der Waals surface area contributed by atoms with E-state index in [1.165, 1.54) is 6.07 Å². The summed E-state index contributed by atoms with van der Waals surface area (Å²) < 4.78 is 10.8. The van der Waals surface area contributed by atoms with Crippen molar-refractivity contribution < 1.29 is 14.4 Å². The molecule has 7 heteroatoms. The van der Waals surface area contributed by atoms with E-state index in [-0.39, 0.29) is 12.5 Å². The Balaban J connectivity index is 1.81. The maximum atomic E-state index is 11.1. The maximum Gasteiger partial charge on any atom is 0.270 e. The molecule has 0 spiro atoms. The number of nitro benzene ring substituents is 1. The van der Waals surface area contributed by atoms with Crippen LogP contribution in [0.2, 0.25) is 5.02 Å². The summed E-state index contributed by atoms with van der Waals surface area (Å²) in [6.07, 6.45) is 0. The van der Waals surface area contributed by atoms with Gasteiger partial charge >= 0.3 is 0 Å². The summed E-state index contributed by atoms with van der Waals surface area (Å²) in [4.78, 5) is 12.8. The average molecular weight is 349 g/mol. The van der Waals surface area contributed by atoms with E-state index in [4.69, 9.17) is 21.1 Å². The van der Waals surface area contributed by atoms with Crippen molar-refractivity contribution in [3.8, 4) is 5.75 Å². The highest BCUT2D eigenvalue weighted by Crippen LogP contribution is 2.33. The number of hydrogen-bond donors (Lipinski definition) is 0. The Bertz CT molecular complexity index is 749. The van der Waals surface area contributed by atoms with Crippen LogP contribution in [-0.2, 0) is 24.4 Å². The van der Waals surface area contributed by atoms with Crippen molar-refractivity contribution in [2.75, 3.05) is 13.8 Å². The normalized spacial score (nSPS) is 13.5. The van der Waals surface area contributed by atoms with E-state index in [1.54, 1.807) is 6.07 Å². The lowest BCUT2D eigenvalue weighted by molar-refractivity contribution is -0.385. The molecular weight excluding hydrogens is 332 g/mol. The van der Waals surface area contributed by atoms with Gasteiger partial charge in [-0.05, 0) is 24.7 Å². The highest BCUT2D eigenvalue weighted by Gasteiger charge is 2.21. The van der Waals surface area contributed by atoms with Crippen LogP contribution in [0.3, 0.4) is 0 Å². The Morgan fingerprint density at radius 1 is 1.25 bits per heavy atom. The van der Waals surface area contributed by atoms with Gasteiger partial charge in [0.1, 0.15) is 5.75 Å². The van der Waals surface area contributed by atoms with Gasteiger partial charge in [0.25, 0.3) is 5.69 Å². The number of rotatable bonds is 5. The number of halogens is 1. The van der Waals surface area contributed by atoms with Crippen molar-refractivity contribution in [2.45, 2.75) is 19.7 Å². The minimum absolute atomic E-state index is 0.0535. The summed E-state index contributed by atoms with van der Waals surface area (Å²) in [5.74, 6) is 0.690. The van der Waals surface area contributed by atoms with Gasteiger partial charge in [0.15, 0.2) is 6.79 Å². The van der Waals surface area contributed by atoms with Crippen molar-refractivity contribution in [2.24, 2.45) is 0 Å². The second-order valence-corrected chi connectivity index (χ2v) is 6.20. The van der Waals surface area contributed by atoms with Crippen LogP contribution >= 0.6 is 11.6 Å².